The maximum atomic E-state index is 10.8. The smallest absolute Gasteiger partial charge is 0.327 e. The Kier molecular flexibility index (Phi) is 5.86. The van der Waals surface area contributed by atoms with E-state index in [2.05, 4.69) is 9.90 Å². The first kappa shape index (κ1) is 11.9. The molecule has 0 aromatic heterocycles. The molecular weight excluding hydrogens is 196 g/mol. The summed E-state index contributed by atoms with van der Waals surface area (Å²) in [7, 11) is 0. The zero-order chi connectivity index (χ0) is 10.3. The number of carbonyl (C=O) groups is 2. The van der Waals surface area contributed by atoms with Crippen molar-refractivity contribution in [3.8, 4) is 0 Å². The monoisotopic (exact) mass is 206 g/mol. The SMILES string of the molecule is CCC(=O)N[C@H](CSN=O)C(=O)O. The first-order chi connectivity index (χ1) is 6.11. The summed E-state index contributed by atoms with van der Waals surface area (Å²) in [6.45, 7) is 1.61. The molecule has 74 valence electrons. The third-order valence-electron chi connectivity index (χ3n) is 1.25. The molecule has 0 heterocycles. The summed E-state index contributed by atoms with van der Waals surface area (Å²) < 4.78 is 2.44. The van der Waals surface area contributed by atoms with E-state index in [0.717, 1.165) is 0 Å². The molecule has 1 atom stereocenters. The van der Waals surface area contributed by atoms with Crippen LogP contribution in [0.25, 0.3) is 0 Å². The Hall–Kier alpha value is -1.11. The van der Waals surface area contributed by atoms with Crippen molar-refractivity contribution in [3.63, 3.8) is 0 Å². The summed E-state index contributed by atoms with van der Waals surface area (Å²) in [5, 5.41) is 10.8. The Balaban J connectivity index is 4.01. The van der Waals surface area contributed by atoms with Crippen LogP contribution in [0, 0.1) is 4.91 Å². The highest BCUT2D eigenvalue weighted by Crippen LogP contribution is 2.03. The molecule has 2 N–H and O–H groups in total. The van der Waals surface area contributed by atoms with E-state index in [-0.39, 0.29) is 18.1 Å². The van der Waals surface area contributed by atoms with Gasteiger partial charge < -0.3 is 10.4 Å². The van der Waals surface area contributed by atoms with Crippen molar-refractivity contribution in [1.29, 1.82) is 0 Å². The van der Waals surface area contributed by atoms with Crippen molar-refractivity contribution in [2.45, 2.75) is 19.4 Å². The van der Waals surface area contributed by atoms with Crippen LogP contribution in [0.2, 0.25) is 0 Å². The molecule has 0 bridgehead atoms. The summed E-state index contributed by atoms with van der Waals surface area (Å²) in [6, 6.07) is -1.05. The summed E-state index contributed by atoms with van der Waals surface area (Å²) in [5.41, 5.74) is 0. The summed E-state index contributed by atoms with van der Waals surface area (Å²) in [4.78, 5) is 31.0. The van der Waals surface area contributed by atoms with E-state index >= 15 is 0 Å². The Morgan fingerprint density at radius 2 is 2.23 bits per heavy atom. The van der Waals surface area contributed by atoms with Crippen LogP contribution < -0.4 is 5.32 Å². The van der Waals surface area contributed by atoms with Crippen LogP contribution in [0.15, 0.2) is 4.58 Å². The largest absolute Gasteiger partial charge is 0.480 e. The molecule has 0 radical (unpaired) electrons. The number of amides is 1. The zero-order valence-corrected chi connectivity index (χ0v) is 7.84. The zero-order valence-electron chi connectivity index (χ0n) is 7.02. The first-order valence-corrected chi connectivity index (χ1v) is 4.52. The number of hydrogen-bond acceptors (Lipinski definition) is 5. The van der Waals surface area contributed by atoms with Gasteiger partial charge in [-0.3, -0.25) is 4.79 Å². The van der Waals surface area contributed by atoms with Gasteiger partial charge in [-0.2, -0.15) is 0 Å². The lowest BCUT2D eigenvalue weighted by molar-refractivity contribution is -0.141. The van der Waals surface area contributed by atoms with Crippen molar-refractivity contribution in [2.24, 2.45) is 4.58 Å². The highest BCUT2D eigenvalue weighted by Gasteiger charge is 2.19. The number of hydrogen-bond donors (Lipinski definition) is 2. The number of carboxylic acids is 1. The van der Waals surface area contributed by atoms with Crippen LogP contribution in [0.5, 0.6) is 0 Å². The van der Waals surface area contributed by atoms with E-state index in [0.29, 0.717) is 11.9 Å². The molecule has 0 aliphatic heterocycles. The maximum Gasteiger partial charge on any atom is 0.327 e. The van der Waals surface area contributed by atoms with Gasteiger partial charge in [-0.25, -0.2) is 4.79 Å². The van der Waals surface area contributed by atoms with E-state index in [1.807, 2.05) is 0 Å². The first-order valence-electron chi connectivity index (χ1n) is 3.58. The van der Waals surface area contributed by atoms with Gasteiger partial charge in [-0.1, -0.05) is 6.92 Å². The van der Waals surface area contributed by atoms with E-state index in [9.17, 15) is 14.5 Å². The van der Waals surface area contributed by atoms with Gasteiger partial charge >= 0.3 is 5.97 Å². The van der Waals surface area contributed by atoms with Gasteiger partial charge in [0.1, 0.15) is 6.04 Å². The molecular formula is C6H10N2O4S. The van der Waals surface area contributed by atoms with Crippen molar-refractivity contribution in [1.82, 2.24) is 5.32 Å². The number of rotatable bonds is 6. The normalized spacial score (nSPS) is 11.8. The predicted octanol–water partition coefficient (Wildman–Crippen LogP) is 0.380. The molecule has 0 aromatic carbocycles. The van der Waals surface area contributed by atoms with Crippen molar-refractivity contribution in [3.05, 3.63) is 4.91 Å². The molecule has 6 nitrogen and oxygen atoms in total. The minimum absolute atomic E-state index is 0.0510. The van der Waals surface area contributed by atoms with Gasteiger partial charge in [0.05, 0.1) is 0 Å². The maximum absolute atomic E-state index is 10.8. The average Bonchev–Trinajstić information content (AvgIpc) is 2.11. The number of carbonyl (C=O) groups excluding carboxylic acids is 1. The van der Waals surface area contributed by atoms with Crippen LogP contribution >= 0.6 is 11.9 Å². The highest BCUT2D eigenvalue weighted by atomic mass is 32.2. The fraction of sp³-hybridized carbons (Fsp3) is 0.667. The summed E-state index contributed by atoms with van der Waals surface area (Å²) in [6.07, 6.45) is 0.211. The van der Waals surface area contributed by atoms with E-state index in [4.69, 9.17) is 5.11 Å². The van der Waals surface area contributed by atoms with Crippen LogP contribution in [-0.4, -0.2) is 28.8 Å². The Labute approximate surface area is 79.2 Å². The van der Waals surface area contributed by atoms with Crippen LogP contribution in [0.1, 0.15) is 13.3 Å². The van der Waals surface area contributed by atoms with Gasteiger partial charge in [-0.15, -0.1) is 4.91 Å². The van der Waals surface area contributed by atoms with E-state index < -0.39 is 12.0 Å². The number of nitroso groups, excluding NO2 is 1. The minimum atomic E-state index is -1.17. The molecule has 0 unspecified atom stereocenters. The molecule has 0 aliphatic rings. The fourth-order valence-corrected chi connectivity index (χ4v) is 1.01. The molecule has 0 spiro atoms. The fourth-order valence-electron chi connectivity index (χ4n) is 0.576. The van der Waals surface area contributed by atoms with E-state index in [1.54, 1.807) is 6.92 Å². The van der Waals surface area contributed by atoms with Crippen molar-refractivity contribution in [2.75, 3.05) is 5.75 Å². The number of aliphatic carboxylic acids is 1. The molecule has 0 aromatic rings. The van der Waals surface area contributed by atoms with Gasteiger partial charge in [0.15, 0.2) is 0 Å². The second-order valence-electron chi connectivity index (χ2n) is 2.18. The topological polar surface area (TPSA) is 95.8 Å². The highest BCUT2D eigenvalue weighted by molar-refractivity contribution is 7.97. The van der Waals surface area contributed by atoms with Gasteiger partial charge in [-0.05, 0) is 0 Å². The van der Waals surface area contributed by atoms with E-state index in [1.165, 1.54) is 0 Å². The molecule has 0 saturated heterocycles. The third-order valence-corrected chi connectivity index (χ3v) is 1.84. The molecule has 7 heteroatoms. The van der Waals surface area contributed by atoms with Gasteiger partial charge in [0.2, 0.25) is 5.91 Å². The lowest BCUT2D eigenvalue weighted by Gasteiger charge is -2.10. The second kappa shape index (κ2) is 6.41. The standard InChI is InChI=1S/C6H10N2O4S/c1-2-5(9)7-4(6(10)11)3-13-8-12/h4H,2-3H2,1H3,(H,7,9)(H,10,11)/t4-/m1/s1. The molecule has 0 fully saturated rings. The Bertz CT molecular complexity index is 209. The Morgan fingerprint density at radius 3 is 2.62 bits per heavy atom. The lowest BCUT2D eigenvalue weighted by atomic mass is 10.3. The molecule has 0 saturated carbocycles. The summed E-state index contributed by atoms with van der Waals surface area (Å²) in [5.74, 6) is -1.58. The predicted molar refractivity (Wildman–Crippen MR) is 48.1 cm³/mol. The van der Waals surface area contributed by atoms with Gasteiger partial charge in [0.25, 0.3) is 0 Å². The van der Waals surface area contributed by atoms with Crippen molar-refractivity contribution >= 4 is 23.8 Å². The van der Waals surface area contributed by atoms with Crippen LogP contribution in [-0.2, 0) is 9.59 Å². The Morgan fingerprint density at radius 1 is 1.62 bits per heavy atom. The molecule has 1 amide bonds. The number of nitrogens with zero attached hydrogens (tertiary/aromatic N) is 1. The number of carboxylic acid groups (broad SMARTS) is 1. The molecule has 0 rings (SSSR count). The molecule has 13 heavy (non-hydrogen) atoms. The number of nitrogens with one attached hydrogen (secondary N) is 1. The van der Waals surface area contributed by atoms with Crippen LogP contribution in [0.4, 0.5) is 0 Å². The summed E-state index contributed by atoms with van der Waals surface area (Å²) >= 11 is 0.571. The lowest BCUT2D eigenvalue weighted by Crippen LogP contribution is -2.42. The minimum Gasteiger partial charge on any atom is -0.480 e. The molecule has 0 aliphatic carbocycles. The quantitative estimate of drug-likeness (QED) is 0.483. The van der Waals surface area contributed by atoms with Crippen molar-refractivity contribution < 1.29 is 14.7 Å². The van der Waals surface area contributed by atoms with Gasteiger partial charge in [0, 0.05) is 28.7 Å². The average molecular weight is 206 g/mol. The third kappa shape index (κ3) is 5.18. The van der Waals surface area contributed by atoms with Crippen LogP contribution in [0.3, 0.4) is 0 Å². The second-order valence-corrected chi connectivity index (χ2v) is 2.92.